The van der Waals surface area contributed by atoms with E-state index in [4.69, 9.17) is 14.6 Å². The smallest absolute Gasteiger partial charge is 0.161 e. The van der Waals surface area contributed by atoms with Gasteiger partial charge in [0.05, 0.1) is 13.7 Å². The first-order valence-corrected chi connectivity index (χ1v) is 6.48. The Labute approximate surface area is 101 Å². The number of ether oxygens (including phenoxy) is 2. The van der Waals surface area contributed by atoms with Crippen molar-refractivity contribution in [3.05, 3.63) is 24.3 Å². The molecule has 0 aliphatic rings. The molecule has 0 saturated heterocycles. The van der Waals surface area contributed by atoms with E-state index in [2.05, 4.69) is 0 Å². The van der Waals surface area contributed by atoms with Gasteiger partial charge in [-0.05, 0) is 24.3 Å². The average molecular weight is 242 g/mol. The highest BCUT2D eigenvalue weighted by molar-refractivity contribution is 7.99. The second-order valence-electron chi connectivity index (χ2n) is 3.19. The van der Waals surface area contributed by atoms with Crippen LogP contribution >= 0.6 is 11.8 Å². The van der Waals surface area contributed by atoms with Gasteiger partial charge in [-0.1, -0.05) is 12.1 Å². The Balaban J connectivity index is 2.21. The van der Waals surface area contributed by atoms with Crippen molar-refractivity contribution in [1.29, 1.82) is 0 Å². The molecule has 0 aromatic heterocycles. The van der Waals surface area contributed by atoms with Crippen LogP contribution < -0.4 is 9.47 Å². The fourth-order valence-corrected chi connectivity index (χ4v) is 1.96. The molecule has 0 radical (unpaired) electrons. The van der Waals surface area contributed by atoms with Crippen LogP contribution in [0.3, 0.4) is 0 Å². The molecule has 0 unspecified atom stereocenters. The van der Waals surface area contributed by atoms with Crippen LogP contribution in [-0.4, -0.2) is 36.9 Å². The zero-order valence-electron chi connectivity index (χ0n) is 9.52. The SMILES string of the molecule is COc1ccccc1OCCSCCCO. The first kappa shape index (κ1) is 13.2. The molecule has 4 heteroatoms. The van der Waals surface area contributed by atoms with Crippen LogP contribution in [0.2, 0.25) is 0 Å². The Kier molecular flexibility index (Phi) is 6.85. The summed E-state index contributed by atoms with van der Waals surface area (Å²) in [5, 5.41) is 8.61. The highest BCUT2D eigenvalue weighted by Crippen LogP contribution is 2.25. The number of rotatable bonds is 8. The predicted molar refractivity (Wildman–Crippen MR) is 67.5 cm³/mol. The van der Waals surface area contributed by atoms with Gasteiger partial charge in [-0.2, -0.15) is 11.8 Å². The summed E-state index contributed by atoms with van der Waals surface area (Å²) in [6, 6.07) is 7.63. The van der Waals surface area contributed by atoms with Crippen LogP contribution in [0.1, 0.15) is 6.42 Å². The zero-order valence-corrected chi connectivity index (χ0v) is 10.3. The lowest BCUT2D eigenvalue weighted by Gasteiger charge is -2.09. The van der Waals surface area contributed by atoms with Gasteiger partial charge < -0.3 is 14.6 Å². The summed E-state index contributed by atoms with van der Waals surface area (Å²) >= 11 is 1.78. The van der Waals surface area contributed by atoms with Gasteiger partial charge in [0.2, 0.25) is 0 Å². The number of hydrogen-bond acceptors (Lipinski definition) is 4. The molecule has 0 bridgehead atoms. The molecule has 0 aliphatic carbocycles. The van der Waals surface area contributed by atoms with Crippen LogP contribution in [0.25, 0.3) is 0 Å². The minimum Gasteiger partial charge on any atom is -0.493 e. The van der Waals surface area contributed by atoms with Crippen molar-refractivity contribution in [3.63, 3.8) is 0 Å². The molecule has 1 rings (SSSR count). The average Bonchev–Trinajstić information content (AvgIpc) is 2.34. The van der Waals surface area contributed by atoms with Crippen molar-refractivity contribution in [2.24, 2.45) is 0 Å². The third-order valence-electron chi connectivity index (χ3n) is 2.00. The molecule has 1 aromatic rings. The summed E-state index contributed by atoms with van der Waals surface area (Å²) < 4.78 is 10.8. The van der Waals surface area contributed by atoms with E-state index in [9.17, 15) is 0 Å². The molecular weight excluding hydrogens is 224 g/mol. The van der Waals surface area contributed by atoms with Crippen molar-refractivity contribution in [1.82, 2.24) is 0 Å². The monoisotopic (exact) mass is 242 g/mol. The van der Waals surface area contributed by atoms with Crippen molar-refractivity contribution in [3.8, 4) is 11.5 Å². The molecule has 0 spiro atoms. The zero-order chi connectivity index (χ0) is 11.6. The molecule has 3 nitrogen and oxygen atoms in total. The third-order valence-corrected chi connectivity index (χ3v) is 3.03. The Bertz CT molecular complexity index is 291. The molecule has 0 atom stereocenters. The van der Waals surface area contributed by atoms with E-state index in [1.807, 2.05) is 24.3 Å². The van der Waals surface area contributed by atoms with Crippen LogP contribution in [-0.2, 0) is 0 Å². The maximum absolute atomic E-state index is 8.61. The fraction of sp³-hybridized carbons (Fsp3) is 0.500. The van der Waals surface area contributed by atoms with Gasteiger partial charge in [-0.3, -0.25) is 0 Å². The molecule has 0 saturated carbocycles. The van der Waals surface area contributed by atoms with Gasteiger partial charge in [0.15, 0.2) is 11.5 Å². The molecule has 0 amide bonds. The molecular formula is C12H18O3S. The lowest BCUT2D eigenvalue weighted by atomic mass is 10.3. The van der Waals surface area contributed by atoms with Crippen LogP contribution in [0.5, 0.6) is 11.5 Å². The van der Waals surface area contributed by atoms with E-state index >= 15 is 0 Å². The quantitative estimate of drug-likeness (QED) is 0.709. The van der Waals surface area contributed by atoms with Crippen molar-refractivity contribution in [2.45, 2.75) is 6.42 Å². The molecule has 90 valence electrons. The summed E-state index contributed by atoms with van der Waals surface area (Å²) in [5.41, 5.74) is 0. The highest BCUT2D eigenvalue weighted by atomic mass is 32.2. The van der Waals surface area contributed by atoms with Gasteiger partial charge >= 0.3 is 0 Å². The number of hydrogen-bond donors (Lipinski definition) is 1. The number of methoxy groups -OCH3 is 1. The third kappa shape index (κ3) is 4.77. The summed E-state index contributed by atoms with van der Waals surface area (Å²) in [4.78, 5) is 0. The largest absolute Gasteiger partial charge is 0.493 e. The topological polar surface area (TPSA) is 38.7 Å². The number of para-hydroxylation sites is 2. The van der Waals surface area contributed by atoms with E-state index in [-0.39, 0.29) is 6.61 Å². The maximum atomic E-state index is 8.61. The first-order valence-electron chi connectivity index (χ1n) is 5.33. The van der Waals surface area contributed by atoms with Gasteiger partial charge in [-0.25, -0.2) is 0 Å². The molecule has 0 fully saturated rings. The maximum Gasteiger partial charge on any atom is 0.161 e. The minimum atomic E-state index is 0.264. The summed E-state index contributed by atoms with van der Waals surface area (Å²) in [6.45, 7) is 0.927. The van der Waals surface area contributed by atoms with Crippen molar-refractivity contribution >= 4 is 11.8 Å². The summed E-state index contributed by atoms with van der Waals surface area (Å²) in [6.07, 6.45) is 0.847. The van der Waals surface area contributed by atoms with Gasteiger partial charge in [0, 0.05) is 12.4 Å². The van der Waals surface area contributed by atoms with Gasteiger partial charge in [-0.15, -0.1) is 0 Å². The molecule has 0 aliphatic heterocycles. The number of thioether (sulfide) groups is 1. The Morgan fingerprint density at radius 3 is 2.62 bits per heavy atom. The summed E-state index contributed by atoms with van der Waals surface area (Å²) in [7, 11) is 1.64. The molecule has 1 aromatic carbocycles. The van der Waals surface area contributed by atoms with Crippen molar-refractivity contribution in [2.75, 3.05) is 31.8 Å². The normalized spacial score (nSPS) is 10.1. The lowest BCUT2D eigenvalue weighted by Crippen LogP contribution is -2.02. The number of benzene rings is 1. The second-order valence-corrected chi connectivity index (χ2v) is 4.41. The van der Waals surface area contributed by atoms with E-state index in [1.54, 1.807) is 18.9 Å². The van der Waals surface area contributed by atoms with Crippen LogP contribution in [0, 0.1) is 0 Å². The lowest BCUT2D eigenvalue weighted by molar-refractivity contribution is 0.296. The van der Waals surface area contributed by atoms with E-state index in [0.717, 1.165) is 29.4 Å². The highest BCUT2D eigenvalue weighted by Gasteiger charge is 2.01. The first-order chi connectivity index (χ1) is 7.88. The van der Waals surface area contributed by atoms with E-state index < -0.39 is 0 Å². The van der Waals surface area contributed by atoms with E-state index in [0.29, 0.717) is 6.61 Å². The van der Waals surface area contributed by atoms with Gasteiger partial charge in [0.25, 0.3) is 0 Å². The number of aliphatic hydroxyl groups is 1. The van der Waals surface area contributed by atoms with Crippen LogP contribution in [0.15, 0.2) is 24.3 Å². The summed E-state index contributed by atoms with van der Waals surface area (Å²) in [5.74, 6) is 3.46. The fourth-order valence-electron chi connectivity index (χ4n) is 1.22. The molecule has 16 heavy (non-hydrogen) atoms. The second kappa shape index (κ2) is 8.30. The van der Waals surface area contributed by atoms with Crippen LogP contribution in [0.4, 0.5) is 0 Å². The predicted octanol–water partition coefficient (Wildman–Crippen LogP) is 2.19. The van der Waals surface area contributed by atoms with E-state index in [1.165, 1.54) is 0 Å². The minimum absolute atomic E-state index is 0.264. The van der Waals surface area contributed by atoms with Crippen molar-refractivity contribution < 1.29 is 14.6 Å². The molecule has 0 heterocycles. The number of aliphatic hydroxyl groups excluding tert-OH is 1. The Morgan fingerprint density at radius 1 is 1.19 bits per heavy atom. The standard InChI is InChI=1S/C12H18O3S/c1-14-11-5-2-3-6-12(11)15-8-10-16-9-4-7-13/h2-3,5-6,13H,4,7-10H2,1H3. The molecule has 1 N–H and O–H groups in total. The Hall–Kier alpha value is -0.870. The van der Waals surface area contributed by atoms with Gasteiger partial charge in [0.1, 0.15) is 0 Å². The Morgan fingerprint density at radius 2 is 1.94 bits per heavy atom.